The van der Waals surface area contributed by atoms with Crippen molar-refractivity contribution in [3.05, 3.63) is 63.9 Å². The second kappa shape index (κ2) is 6.88. The summed E-state index contributed by atoms with van der Waals surface area (Å²) in [5.74, 6) is 2.47. The summed E-state index contributed by atoms with van der Waals surface area (Å²) in [6, 6.07) is 9.21. The predicted octanol–water partition coefficient (Wildman–Crippen LogP) is 3.93. The zero-order valence-electron chi connectivity index (χ0n) is 15.7. The predicted molar refractivity (Wildman–Crippen MR) is 108 cm³/mol. The van der Waals surface area contributed by atoms with E-state index in [2.05, 4.69) is 23.4 Å². The Morgan fingerprint density at radius 1 is 1.29 bits per heavy atom. The van der Waals surface area contributed by atoms with Gasteiger partial charge in [0.15, 0.2) is 11.5 Å². The highest BCUT2D eigenvalue weighted by atomic mass is 32.1. The first kappa shape index (κ1) is 19.8. The molecule has 144 valence electrons. The zero-order chi connectivity index (χ0) is 20.7. The van der Waals surface area contributed by atoms with E-state index in [-0.39, 0.29) is 17.4 Å². The van der Waals surface area contributed by atoms with E-state index in [9.17, 15) is 13.6 Å². The van der Waals surface area contributed by atoms with Crippen LogP contribution in [0.3, 0.4) is 0 Å². The van der Waals surface area contributed by atoms with Crippen molar-refractivity contribution in [2.75, 3.05) is 7.05 Å². The molecule has 1 aromatic heterocycles. The number of alkyl halides is 2. The largest absolute Gasteiger partial charge is 0.369 e. The normalized spacial score (nSPS) is 19.2. The number of benzene rings is 1. The van der Waals surface area contributed by atoms with Gasteiger partial charge in [-0.25, -0.2) is 13.8 Å². The number of hydrogen-bond acceptors (Lipinski definition) is 4. The minimum absolute atomic E-state index is 0.0428. The van der Waals surface area contributed by atoms with Crippen molar-refractivity contribution in [3.8, 4) is 11.8 Å². The van der Waals surface area contributed by atoms with Crippen LogP contribution in [-0.2, 0) is 16.3 Å². The number of aliphatic imine (C=N–C) groups is 1. The first-order chi connectivity index (χ1) is 13.1. The molecule has 2 aromatic rings. The molecule has 1 aliphatic rings. The molecule has 0 saturated heterocycles. The van der Waals surface area contributed by atoms with E-state index in [4.69, 9.17) is 5.73 Å². The number of carbonyl (C=O) groups excluding carboxylic acids is 1. The Kier molecular flexibility index (Phi) is 4.86. The van der Waals surface area contributed by atoms with Crippen LogP contribution in [0.15, 0.2) is 48.0 Å². The number of likely N-dealkylation sites (N-methyl/N-ethyl adjacent to an activating group) is 1. The van der Waals surface area contributed by atoms with Gasteiger partial charge >= 0.3 is 0 Å². The second-order valence-electron chi connectivity index (χ2n) is 6.53. The summed E-state index contributed by atoms with van der Waals surface area (Å²) in [4.78, 5) is 20.4. The quantitative estimate of drug-likeness (QED) is 0.792. The molecule has 1 unspecified atom stereocenters. The number of amides is 1. The van der Waals surface area contributed by atoms with Crippen molar-refractivity contribution >= 4 is 28.8 Å². The van der Waals surface area contributed by atoms with Gasteiger partial charge in [-0.3, -0.25) is 9.69 Å². The molecule has 0 spiro atoms. The highest BCUT2D eigenvalue weighted by Crippen LogP contribution is 2.45. The van der Waals surface area contributed by atoms with Gasteiger partial charge in [0, 0.05) is 30.0 Å². The highest BCUT2D eigenvalue weighted by Gasteiger charge is 2.51. The Hall–Kier alpha value is -2.98. The van der Waals surface area contributed by atoms with E-state index < -0.39 is 11.5 Å². The van der Waals surface area contributed by atoms with Crippen molar-refractivity contribution in [2.45, 2.75) is 25.3 Å². The van der Waals surface area contributed by atoms with Gasteiger partial charge in [-0.1, -0.05) is 36.8 Å². The summed E-state index contributed by atoms with van der Waals surface area (Å²) in [5, 5.41) is 0. The second-order valence-corrected chi connectivity index (χ2v) is 7.61. The highest BCUT2D eigenvalue weighted by molar-refractivity contribution is 7.13. The van der Waals surface area contributed by atoms with Crippen molar-refractivity contribution in [1.82, 2.24) is 4.90 Å². The lowest BCUT2D eigenvalue weighted by Crippen LogP contribution is -2.40. The standard InChI is InChI=1S/C21H19F2N3OS/c1-5-6-16-11-12-17(28-16)13(2)21(18(27)26(4)19(24)25-21)15-9-7-14(8-10-15)20(3,22)23/h7-12H,2H2,1,3-4H3,(H2,24,25). The molecule has 4 nitrogen and oxygen atoms in total. The van der Waals surface area contributed by atoms with Gasteiger partial charge in [-0.05, 0) is 24.6 Å². The minimum atomic E-state index is -2.98. The average Bonchev–Trinajstić information content (AvgIpc) is 3.20. The molecule has 0 saturated carbocycles. The van der Waals surface area contributed by atoms with Crippen molar-refractivity contribution in [3.63, 3.8) is 0 Å². The average molecular weight is 399 g/mol. The number of thiophene rings is 1. The maximum atomic E-state index is 13.6. The van der Waals surface area contributed by atoms with Crippen LogP contribution in [0.5, 0.6) is 0 Å². The van der Waals surface area contributed by atoms with E-state index in [1.165, 1.54) is 47.5 Å². The van der Waals surface area contributed by atoms with E-state index in [1.54, 1.807) is 6.92 Å². The lowest BCUT2D eigenvalue weighted by molar-refractivity contribution is -0.128. The summed E-state index contributed by atoms with van der Waals surface area (Å²) in [7, 11) is 1.52. The fourth-order valence-corrected chi connectivity index (χ4v) is 4.01. The summed E-state index contributed by atoms with van der Waals surface area (Å²) in [6.45, 7) is 6.68. The molecule has 3 rings (SSSR count). The zero-order valence-corrected chi connectivity index (χ0v) is 16.5. The Balaban J connectivity index is 2.15. The van der Waals surface area contributed by atoms with Gasteiger partial charge in [0.05, 0.1) is 4.88 Å². The van der Waals surface area contributed by atoms with Gasteiger partial charge < -0.3 is 5.73 Å². The van der Waals surface area contributed by atoms with Crippen LogP contribution in [0.25, 0.3) is 5.57 Å². The van der Waals surface area contributed by atoms with Gasteiger partial charge in [0.1, 0.15) is 0 Å². The molecular formula is C21H19F2N3OS. The maximum absolute atomic E-state index is 13.6. The number of halogens is 2. The number of guanidine groups is 1. The van der Waals surface area contributed by atoms with Gasteiger partial charge in [-0.15, -0.1) is 17.3 Å². The van der Waals surface area contributed by atoms with Crippen LogP contribution in [-0.4, -0.2) is 23.8 Å². The number of rotatable bonds is 4. The molecule has 0 fully saturated rings. The Morgan fingerprint density at radius 3 is 2.43 bits per heavy atom. The van der Waals surface area contributed by atoms with Crippen LogP contribution < -0.4 is 5.73 Å². The topological polar surface area (TPSA) is 58.7 Å². The molecule has 1 aromatic carbocycles. The van der Waals surface area contributed by atoms with Crippen molar-refractivity contribution in [2.24, 2.45) is 10.7 Å². The maximum Gasteiger partial charge on any atom is 0.270 e. The third kappa shape index (κ3) is 3.10. The minimum Gasteiger partial charge on any atom is -0.369 e. The molecule has 7 heteroatoms. The molecule has 1 amide bonds. The van der Waals surface area contributed by atoms with Crippen LogP contribution in [0, 0.1) is 11.8 Å². The lowest BCUT2D eigenvalue weighted by atomic mass is 9.82. The lowest BCUT2D eigenvalue weighted by Gasteiger charge is -2.27. The molecule has 2 N–H and O–H groups in total. The van der Waals surface area contributed by atoms with Crippen LogP contribution in [0.1, 0.15) is 34.7 Å². The number of nitrogens with zero attached hydrogens (tertiary/aromatic N) is 2. The number of carbonyl (C=O) groups is 1. The summed E-state index contributed by atoms with van der Waals surface area (Å²) in [5.41, 5.74) is 5.13. The van der Waals surface area contributed by atoms with Crippen molar-refractivity contribution in [1.29, 1.82) is 0 Å². The third-order valence-corrected chi connectivity index (χ3v) is 5.70. The molecule has 28 heavy (non-hydrogen) atoms. The Morgan fingerprint density at radius 2 is 1.93 bits per heavy atom. The Bertz CT molecular complexity index is 1040. The van der Waals surface area contributed by atoms with Gasteiger partial charge in [0.2, 0.25) is 0 Å². The number of nitrogens with two attached hydrogens (primary N) is 1. The van der Waals surface area contributed by atoms with E-state index in [0.717, 1.165) is 16.7 Å². The monoisotopic (exact) mass is 399 g/mol. The third-order valence-electron chi connectivity index (χ3n) is 4.64. The van der Waals surface area contributed by atoms with Gasteiger partial charge in [-0.2, -0.15) is 0 Å². The molecular weight excluding hydrogens is 380 g/mol. The number of hydrogen-bond donors (Lipinski definition) is 1. The molecule has 0 bridgehead atoms. The van der Waals surface area contributed by atoms with E-state index >= 15 is 0 Å². The van der Waals surface area contributed by atoms with E-state index in [0.29, 0.717) is 11.1 Å². The smallest absolute Gasteiger partial charge is 0.270 e. The molecule has 2 heterocycles. The Labute approximate surface area is 166 Å². The fourth-order valence-electron chi connectivity index (χ4n) is 3.07. The molecule has 0 aliphatic carbocycles. The molecule has 0 radical (unpaired) electrons. The van der Waals surface area contributed by atoms with Crippen LogP contribution >= 0.6 is 11.3 Å². The summed E-state index contributed by atoms with van der Waals surface area (Å²) in [6.07, 6.45) is 0. The molecule has 1 aliphatic heterocycles. The van der Waals surface area contributed by atoms with Crippen molar-refractivity contribution < 1.29 is 13.6 Å². The SMILES string of the molecule is C=C(c1ccc(C#CC)s1)C1(c2ccc(C(C)(F)F)cc2)N=C(N)N(C)C1=O. The molecule has 1 atom stereocenters. The van der Waals surface area contributed by atoms with Crippen LogP contribution in [0.4, 0.5) is 8.78 Å². The van der Waals surface area contributed by atoms with Gasteiger partial charge in [0.25, 0.3) is 11.8 Å². The summed E-state index contributed by atoms with van der Waals surface area (Å²) >= 11 is 1.38. The first-order valence-corrected chi connectivity index (χ1v) is 9.27. The van der Waals surface area contributed by atoms with Crippen LogP contribution in [0.2, 0.25) is 0 Å². The van der Waals surface area contributed by atoms with E-state index in [1.807, 2.05) is 12.1 Å². The fraction of sp³-hybridized carbons (Fsp3) is 0.238. The first-order valence-electron chi connectivity index (χ1n) is 8.46. The summed E-state index contributed by atoms with van der Waals surface area (Å²) < 4.78 is 27.2.